The molecule has 0 spiro atoms. The van der Waals surface area contributed by atoms with Crippen molar-refractivity contribution in [2.75, 3.05) is 60.7 Å². The van der Waals surface area contributed by atoms with Gasteiger partial charge in [0.1, 0.15) is 58.2 Å². The maximum Gasteiger partial charge on any atom is 0.426 e. The maximum atomic E-state index is 13.5. The van der Waals surface area contributed by atoms with Crippen LogP contribution in [0.2, 0.25) is 0 Å². The molecule has 0 saturated carbocycles. The van der Waals surface area contributed by atoms with Gasteiger partial charge in [0, 0.05) is 90.8 Å². The van der Waals surface area contributed by atoms with Gasteiger partial charge in [-0.2, -0.15) is 21.3 Å². The number of aliphatic hydroxyl groups excluding tert-OH is 2. The van der Waals surface area contributed by atoms with E-state index in [0.717, 1.165) is 48.8 Å². The minimum atomic E-state index is -4.26. The van der Waals surface area contributed by atoms with Crippen LogP contribution in [-0.2, 0) is 69.5 Å². The number of nitro groups is 3. The normalized spacial score (nSPS) is 15.7. The van der Waals surface area contributed by atoms with Crippen LogP contribution < -0.4 is 16.2 Å². The lowest BCUT2D eigenvalue weighted by molar-refractivity contribution is -0.388. The van der Waals surface area contributed by atoms with Crippen LogP contribution in [0.5, 0.6) is 0 Å². The van der Waals surface area contributed by atoms with Crippen LogP contribution in [0.3, 0.4) is 0 Å². The molecule has 2 amide bonds. The molecule has 0 radical (unpaired) electrons. The standard InChI is InChI=1S/C16H16BrFN2O4S.C15H15BrFN3O4S.C13H15BrFNO5S.C13H15BrFNO4S.C9H10BrFO.C8H9BrFNO.C7H8N2O4S/c1-11(12-7-13(17)9-14(18)8-12)10-19(2)25(23,24)16-6-4-3-5-15(16)20(21)22;1-19(9-13(18)10-6-11(16)8-12(17)7-10)25(23,24)15-5-3-2-4-14(15)20(21)22;1-13(2,3)21-12(17)16-11(7-20-22(16,18)19)8-4-9(14)6-10(15)5-8;1-13(2,3)20-12(17)16-11(7-19-21(16)18)8-4-9(14)6-10(15)5-8;1-6(5-12)7-2-8(10)4-9(11)3-7;9-6-1-5(8(11)4-12)2-7(10)3-6;1-8-14(12,13)7-5-3-2-4-6(7)9(10)11/h3-9,11H,10H2,1-2H3;2-8,13H,9,18H2,1H3;4-6,11H,7H2,1-3H3;4-6,11H,7H2,1-3H3;2-4,6,12H,5H2,1H3;1-3,8,12H,4,11H2;2-5,8H,1H3/t11-;13-;11-;11-,21?;6-;8-;/m111111./s1. The smallest absolute Gasteiger partial charge is 0.426 e. The van der Waals surface area contributed by atoms with Crippen molar-refractivity contribution < 1.29 is 117 Å². The van der Waals surface area contributed by atoms with E-state index in [2.05, 4.69) is 95.6 Å². The number of nitrogens with one attached hydrogen (secondary N) is 1. The van der Waals surface area contributed by atoms with Gasteiger partial charge in [0.05, 0.1) is 40.6 Å². The monoisotopic (exact) mass is 2320 g/mol. The Morgan fingerprint density at radius 1 is 0.511 bits per heavy atom. The lowest BCUT2D eigenvalue weighted by atomic mass is 10.0. The zero-order chi connectivity index (χ0) is 99.1. The topological polar surface area (TPSA) is 472 Å². The summed E-state index contributed by atoms with van der Waals surface area (Å²) in [5.41, 5.74) is 11.6. The van der Waals surface area contributed by atoms with Crippen LogP contribution in [0.4, 0.5) is 53.0 Å². The minimum Gasteiger partial charge on any atom is -0.443 e. The molecule has 714 valence electrons. The molecule has 33 nitrogen and oxygen atoms in total. The number of rotatable bonds is 21. The second kappa shape index (κ2) is 49.8. The van der Waals surface area contributed by atoms with Crippen LogP contribution in [0.1, 0.15) is 125 Å². The van der Waals surface area contributed by atoms with Gasteiger partial charge in [-0.15, -0.1) is 0 Å². The number of sulfonamides is 3. The third-order valence-corrected chi connectivity index (χ3v) is 27.8. The highest BCUT2D eigenvalue weighted by molar-refractivity contribution is 9.11. The number of carbonyl (C=O) groups is 2. The van der Waals surface area contributed by atoms with Gasteiger partial charge < -0.3 is 31.2 Å². The number of likely N-dealkylation sites (N-methyl/N-ethyl adjacent to an activating group) is 2. The molecule has 0 aromatic heterocycles. The molecule has 2 aliphatic rings. The van der Waals surface area contributed by atoms with Crippen molar-refractivity contribution in [2.24, 2.45) is 11.5 Å². The number of para-hydroxylation sites is 3. The summed E-state index contributed by atoms with van der Waals surface area (Å²) in [5, 5.41) is 50.2. The number of nitrogens with two attached hydrogens (primary N) is 2. The van der Waals surface area contributed by atoms with Crippen molar-refractivity contribution in [3.8, 4) is 0 Å². The van der Waals surface area contributed by atoms with Crippen LogP contribution in [0, 0.1) is 65.2 Å². The van der Waals surface area contributed by atoms with E-state index in [9.17, 15) is 104 Å². The molecule has 2 aliphatic heterocycles. The highest BCUT2D eigenvalue weighted by Gasteiger charge is 2.46. The third kappa shape index (κ3) is 34.6. The molecule has 9 aromatic carbocycles. The quantitative estimate of drug-likeness (QED) is 0.0253. The lowest BCUT2D eigenvalue weighted by Gasteiger charge is -2.26. The number of benzene rings is 9. The number of aliphatic hydroxyl groups is 2. The van der Waals surface area contributed by atoms with Crippen LogP contribution in [0.25, 0.3) is 0 Å². The van der Waals surface area contributed by atoms with Crippen molar-refractivity contribution >= 4 is 176 Å². The molecule has 1 unspecified atom stereocenters. The zero-order valence-electron chi connectivity index (χ0n) is 70.9. The van der Waals surface area contributed by atoms with Crippen LogP contribution >= 0.6 is 95.6 Å². The van der Waals surface area contributed by atoms with Gasteiger partial charge in [0.25, 0.3) is 28.3 Å². The summed E-state index contributed by atoms with van der Waals surface area (Å²) < 4.78 is 217. The largest absolute Gasteiger partial charge is 0.443 e. The van der Waals surface area contributed by atoms with E-state index in [4.69, 9.17) is 39.5 Å². The average molecular weight is 2320 g/mol. The van der Waals surface area contributed by atoms with Gasteiger partial charge in [-0.1, -0.05) is 146 Å². The number of hydrogen-bond donors (Lipinski definition) is 5. The molecule has 50 heteroatoms. The Bertz CT molecular complexity index is 5770. The number of halogens is 12. The fourth-order valence-electron chi connectivity index (χ4n) is 11.3. The van der Waals surface area contributed by atoms with E-state index in [1.807, 2.05) is 17.7 Å². The number of ether oxygens (including phenoxy) is 2. The van der Waals surface area contributed by atoms with Crippen molar-refractivity contribution in [1.82, 2.24) is 21.9 Å². The molecule has 0 bridgehead atoms. The Labute approximate surface area is 805 Å². The summed E-state index contributed by atoms with van der Waals surface area (Å²) in [5.74, 6) is -2.92. The summed E-state index contributed by atoms with van der Waals surface area (Å²) in [6.07, 6.45) is -1.82. The predicted octanol–water partition coefficient (Wildman–Crippen LogP) is 18.1. The number of hydrogen-bond acceptors (Lipinski definition) is 25. The number of nitro benzene ring substituents is 3. The molecule has 11 rings (SSSR count). The van der Waals surface area contributed by atoms with Gasteiger partial charge in [-0.25, -0.2) is 74.4 Å². The van der Waals surface area contributed by atoms with Crippen LogP contribution in [0.15, 0.2) is 224 Å². The maximum absolute atomic E-state index is 13.5. The molecule has 9 aromatic rings. The Balaban J connectivity index is 0.000000275. The third-order valence-electron chi connectivity index (χ3n) is 17.5. The number of amides is 2. The summed E-state index contributed by atoms with van der Waals surface area (Å²) in [7, 11) is -12.4. The molecular formula is C81H88Br6F6N10O23S5. The highest BCUT2D eigenvalue weighted by Crippen LogP contribution is 2.38. The summed E-state index contributed by atoms with van der Waals surface area (Å²) in [4.78, 5) is 53.6. The van der Waals surface area contributed by atoms with Gasteiger partial charge in [0.2, 0.25) is 30.1 Å². The van der Waals surface area contributed by atoms with Gasteiger partial charge in [0.15, 0.2) is 14.7 Å². The first-order valence-corrected chi connectivity index (χ1v) is 49.2. The SMILES string of the molecule is CC(C)(C)OC(=O)N1[C@@H](c2cc(F)cc(Br)c2)COS1(=O)=O.CC(C)(C)OC(=O)N1[C@@H](c2cc(F)cc(Br)c2)COS1=O.CN(C[C@@H](N)c1cc(F)cc(Br)c1)S(=O)(=O)c1ccccc1[N+](=O)[O-].CNS(=O)(=O)c1ccccc1[N+](=O)[O-].C[C@H](CN(C)S(=O)(=O)c1ccccc1[N+](=O)[O-])c1cc(F)cc(Br)c1.C[C@H](CO)c1cc(F)cc(Br)c1.N[C@H](CO)c1cc(F)cc(Br)c1. The summed E-state index contributed by atoms with van der Waals surface area (Å²) in [6.45, 7) is 13.0. The van der Waals surface area contributed by atoms with Crippen molar-refractivity contribution in [2.45, 2.75) is 117 Å². The predicted molar refractivity (Wildman–Crippen MR) is 495 cm³/mol. The second-order valence-corrected chi connectivity index (χ2v) is 43.8. The number of carbonyl (C=O) groups excluding carboxylic acids is 2. The molecule has 2 heterocycles. The molecule has 2 saturated heterocycles. The molecule has 2 fully saturated rings. The fourth-order valence-corrected chi connectivity index (χ4v) is 19.9. The zero-order valence-corrected chi connectivity index (χ0v) is 84.5. The fraction of sp³-hybridized carbons (Fsp3) is 0.309. The molecule has 7 N–H and O–H groups in total. The van der Waals surface area contributed by atoms with E-state index in [0.29, 0.717) is 59.0 Å². The van der Waals surface area contributed by atoms with E-state index < -0.39 is 159 Å². The summed E-state index contributed by atoms with van der Waals surface area (Å²) in [6, 6.07) is 37.9. The van der Waals surface area contributed by atoms with E-state index >= 15 is 0 Å². The van der Waals surface area contributed by atoms with Crippen molar-refractivity contribution in [3.05, 3.63) is 307 Å². The van der Waals surface area contributed by atoms with Gasteiger partial charge in [-0.3, -0.25) is 38.7 Å². The number of nitrogens with zero attached hydrogens (tertiary/aromatic N) is 7. The second-order valence-electron chi connectivity index (χ2n) is 29.9. The lowest BCUT2D eigenvalue weighted by Crippen LogP contribution is -2.39. The van der Waals surface area contributed by atoms with Gasteiger partial charge >= 0.3 is 22.5 Å². The first-order valence-electron chi connectivity index (χ1n) is 37.7. The van der Waals surface area contributed by atoms with Gasteiger partial charge in [-0.05, 0) is 215 Å². The Morgan fingerprint density at radius 3 is 1.21 bits per heavy atom. The first-order chi connectivity index (χ1) is 60.7. The van der Waals surface area contributed by atoms with E-state index in [1.165, 1.54) is 142 Å². The highest BCUT2D eigenvalue weighted by atomic mass is 79.9. The Kier molecular flexibility index (Phi) is 43.1. The molecular weight excluding hydrogens is 2230 g/mol. The van der Waals surface area contributed by atoms with Crippen LogP contribution in [-0.4, -0.2) is 164 Å². The molecule has 7 atom stereocenters. The molecule has 0 aliphatic carbocycles. The van der Waals surface area contributed by atoms with E-state index in [-0.39, 0.29) is 72.8 Å². The van der Waals surface area contributed by atoms with Crippen molar-refractivity contribution in [1.29, 1.82) is 0 Å². The molecule has 131 heavy (non-hydrogen) atoms. The minimum absolute atomic E-state index is 0.0156. The first kappa shape index (κ1) is 113. The van der Waals surface area contributed by atoms with E-state index in [1.54, 1.807) is 72.7 Å². The Hall–Kier alpha value is -8.23. The average Bonchev–Trinajstić information content (AvgIpc) is 1.65. The summed E-state index contributed by atoms with van der Waals surface area (Å²) >= 11 is 17.0. The van der Waals surface area contributed by atoms with Crippen molar-refractivity contribution in [3.63, 3.8) is 0 Å². The Morgan fingerprint density at radius 2 is 0.840 bits per heavy atom.